The van der Waals surface area contributed by atoms with Crippen LogP contribution in [-0.2, 0) is 5.41 Å². The first-order valence-electron chi connectivity index (χ1n) is 9.16. The molecule has 2 rings (SSSR count). The van der Waals surface area contributed by atoms with E-state index in [2.05, 4.69) is 56.9 Å². The minimum absolute atomic E-state index is 0.264. The molecule has 1 fully saturated rings. The zero-order chi connectivity index (χ0) is 16.9. The highest BCUT2D eigenvalue weighted by Crippen LogP contribution is 2.36. The predicted octanol–water partition coefficient (Wildman–Crippen LogP) is 3.81. The van der Waals surface area contributed by atoms with Crippen LogP contribution in [0.25, 0.3) is 0 Å². The second-order valence-corrected chi connectivity index (χ2v) is 7.57. The third-order valence-electron chi connectivity index (χ3n) is 5.41. The van der Waals surface area contributed by atoms with Crippen molar-refractivity contribution in [2.75, 3.05) is 26.2 Å². The summed E-state index contributed by atoms with van der Waals surface area (Å²) in [5.41, 5.74) is 7.70. The van der Waals surface area contributed by atoms with Crippen molar-refractivity contribution in [3.63, 3.8) is 0 Å². The first-order chi connectivity index (χ1) is 10.9. The van der Waals surface area contributed by atoms with E-state index in [1.165, 1.54) is 18.4 Å². The van der Waals surface area contributed by atoms with Gasteiger partial charge in [0.1, 0.15) is 5.75 Å². The standard InChI is InChI=1S/C20H34N2O/c1-5-13-23-19-8-6-7-18(14-19)20(4)9-11-22(12-10-20)15-16(2)17(3)21/h6-8,14,16-17H,5,9-13,15,21H2,1-4H3/t16-,17-/m0/s1. The molecule has 1 aliphatic rings. The van der Waals surface area contributed by atoms with Gasteiger partial charge in [0.05, 0.1) is 6.61 Å². The minimum atomic E-state index is 0.264. The number of benzene rings is 1. The lowest BCUT2D eigenvalue weighted by molar-refractivity contribution is 0.145. The molecular formula is C20H34N2O. The molecule has 2 atom stereocenters. The van der Waals surface area contributed by atoms with Crippen LogP contribution in [0.4, 0.5) is 0 Å². The second kappa shape index (κ2) is 8.16. The summed E-state index contributed by atoms with van der Waals surface area (Å²) < 4.78 is 5.81. The minimum Gasteiger partial charge on any atom is -0.494 e. The quantitative estimate of drug-likeness (QED) is 0.831. The van der Waals surface area contributed by atoms with E-state index in [4.69, 9.17) is 10.5 Å². The second-order valence-electron chi connectivity index (χ2n) is 7.57. The fraction of sp³-hybridized carbons (Fsp3) is 0.700. The molecule has 1 heterocycles. The molecule has 0 saturated carbocycles. The molecule has 1 saturated heterocycles. The molecule has 0 aliphatic carbocycles. The topological polar surface area (TPSA) is 38.5 Å². The zero-order valence-corrected chi connectivity index (χ0v) is 15.3. The van der Waals surface area contributed by atoms with Crippen LogP contribution >= 0.6 is 0 Å². The number of rotatable bonds is 7. The van der Waals surface area contributed by atoms with Gasteiger partial charge in [0.25, 0.3) is 0 Å². The first kappa shape index (κ1) is 18.3. The lowest BCUT2D eigenvalue weighted by atomic mass is 9.74. The van der Waals surface area contributed by atoms with E-state index >= 15 is 0 Å². The average molecular weight is 319 g/mol. The summed E-state index contributed by atoms with van der Waals surface area (Å²) in [4.78, 5) is 2.58. The monoisotopic (exact) mass is 318 g/mol. The largest absolute Gasteiger partial charge is 0.494 e. The third kappa shape index (κ3) is 4.95. The molecule has 0 amide bonds. The van der Waals surface area contributed by atoms with Gasteiger partial charge in [-0.25, -0.2) is 0 Å². The van der Waals surface area contributed by atoms with E-state index in [9.17, 15) is 0 Å². The molecule has 0 unspecified atom stereocenters. The van der Waals surface area contributed by atoms with Crippen molar-refractivity contribution in [2.45, 2.75) is 58.4 Å². The summed E-state index contributed by atoms with van der Waals surface area (Å²) in [6.07, 6.45) is 3.46. The Balaban J connectivity index is 1.96. The van der Waals surface area contributed by atoms with Crippen molar-refractivity contribution >= 4 is 0 Å². The van der Waals surface area contributed by atoms with Gasteiger partial charge in [-0.1, -0.05) is 32.9 Å². The van der Waals surface area contributed by atoms with Gasteiger partial charge in [-0.05, 0) is 68.3 Å². The van der Waals surface area contributed by atoms with Crippen LogP contribution in [0, 0.1) is 5.92 Å². The number of ether oxygens (including phenoxy) is 1. The summed E-state index contributed by atoms with van der Waals surface area (Å²) >= 11 is 0. The smallest absolute Gasteiger partial charge is 0.119 e. The lowest BCUT2D eigenvalue weighted by Gasteiger charge is -2.41. The lowest BCUT2D eigenvalue weighted by Crippen LogP contribution is -2.44. The maximum atomic E-state index is 6.01. The Morgan fingerprint density at radius 1 is 1.26 bits per heavy atom. The van der Waals surface area contributed by atoms with E-state index in [1.807, 2.05) is 0 Å². The Bertz CT molecular complexity index is 478. The van der Waals surface area contributed by atoms with E-state index in [0.29, 0.717) is 5.92 Å². The summed E-state index contributed by atoms with van der Waals surface area (Å²) in [5.74, 6) is 1.57. The maximum Gasteiger partial charge on any atom is 0.119 e. The number of nitrogens with two attached hydrogens (primary N) is 1. The molecule has 23 heavy (non-hydrogen) atoms. The van der Waals surface area contributed by atoms with Crippen molar-refractivity contribution in [1.82, 2.24) is 4.90 Å². The third-order valence-corrected chi connectivity index (χ3v) is 5.41. The molecule has 1 aliphatic heterocycles. The Kier molecular flexibility index (Phi) is 6.49. The van der Waals surface area contributed by atoms with Crippen molar-refractivity contribution in [1.29, 1.82) is 0 Å². The highest BCUT2D eigenvalue weighted by Gasteiger charge is 2.32. The molecule has 0 spiro atoms. The van der Waals surface area contributed by atoms with Gasteiger partial charge in [0, 0.05) is 12.6 Å². The van der Waals surface area contributed by atoms with E-state index < -0.39 is 0 Å². The fourth-order valence-corrected chi connectivity index (χ4v) is 3.27. The van der Waals surface area contributed by atoms with Gasteiger partial charge in [0.15, 0.2) is 0 Å². The first-order valence-corrected chi connectivity index (χ1v) is 9.16. The average Bonchev–Trinajstić information content (AvgIpc) is 2.55. The normalized spacial score (nSPS) is 20.9. The molecule has 1 aromatic rings. The summed E-state index contributed by atoms with van der Waals surface area (Å²) in [6.45, 7) is 13.1. The van der Waals surface area contributed by atoms with Gasteiger partial charge in [-0.2, -0.15) is 0 Å². The van der Waals surface area contributed by atoms with Gasteiger partial charge in [-0.15, -0.1) is 0 Å². The SMILES string of the molecule is CCCOc1cccc(C2(C)CCN(C[C@H](C)[C@H](C)N)CC2)c1. The molecule has 2 N–H and O–H groups in total. The number of piperidine rings is 1. The molecule has 0 aromatic heterocycles. The Morgan fingerprint density at radius 2 is 1.96 bits per heavy atom. The molecule has 1 aromatic carbocycles. The highest BCUT2D eigenvalue weighted by atomic mass is 16.5. The Morgan fingerprint density at radius 3 is 2.57 bits per heavy atom. The van der Waals surface area contributed by atoms with Crippen LogP contribution in [0.3, 0.4) is 0 Å². The van der Waals surface area contributed by atoms with Crippen LogP contribution in [0.15, 0.2) is 24.3 Å². The number of nitrogens with zero attached hydrogens (tertiary/aromatic N) is 1. The van der Waals surface area contributed by atoms with Crippen LogP contribution < -0.4 is 10.5 Å². The molecule has 3 nitrogen and oxygen atoms in total. The Hall–Kier alpha value is -1.06. The van der Waals surface area contributed by atoms with Crippen molar-refractivity contribution in [2.24, 2.45) is 11.7 Å². The van der Waals surface area contributed by atoms with Crippen LogP contribution in [-0.4, -0.2) is 37.2 Å². The molecule has 130 valence electrons. The van der Waals surface area contributed by atoms with Gasteiger partial charge in [-0.3, -0.25) is 0 Å². The summed E-state index contributed by atoms with van der Waals surface area (Å²) in [6, 6.07) is 8.99. The molecule has 3 heteroatoms. The molecule has 0 radical (unpaired) electrons. The van der Waals surface area contributed by atoms with Crippen molar-refractivity contribution in [3.05, 3.63) is 29.8 Å². The summed E-state index contributed by atoms with van der Waals surface area (Å²) in [7, 11) is 0. The van der Waals surface area contributed by atoms with Crippen LogP contribution in [0.2, 0.25) is 0 Å². The zero-order valence-electron chi connectivity index (χ0n) is 15.3. The van der Waals surface area contributed by atoms with Crippen molar-refractivity contribution < 1.29 is 4.74 Å². The maximum absolute atomic E-state index is 6.01. The summed E-state index contributed by atoms with van der Waals surface area (Å²) in [5, 5.41) is 0. The number of likely N-dealkylation sites (tertiary alicyclic amines) is 1. The van der Waals surface area contributed by atoms with Gasteiger partial charge in [0.2, 0.25) is 0 Å². The van der Waals surface area contributed by atoms with E-state index in [1.54, 1.807) is 0 Å². The number of hydrogen-bond acceptors (Lipinski definition) is 3. The molecular weight excluding hydrogens is 284 g/mol. The number of hydrogen-bond donors (Lipinski definition) is 1. The van der Waals surface area contributed by atoms with Crippen molar-refractivity contribution in [3.8, 4) is 5.75 Å². The van der Waals surface area contributed by atoms with Gasteiger partial charge < -0.3 is 15.4 Å². The molecule has 0 bridgehead atoms. The van der Waals surface area contributed by atoms with E-state index in [-0.39, 0.29) is 11.5 Å². The van der Waals surface area contributed by atoms with E-state index in [0.717, 1.165) is 38.4 Å². The fourth-order valence-electron chi connectivity index (χ4n) is 3.27. The Labute approximate surface area is 142 Å². The van der Waals surface area contributed by atoms with Gasteiger partial charge >= 0.3 is 0 Å². The predicted molar refractivity (Wildman–Crippen MR) is 98.1 cm³/mol. The van der Waals surface area contributed by atoms with Crippen LogP contribution in [0.1, 0.15) is 52.5 Å². The highest BCUT2D eigenvalue weighted by molar-refractivity contribution is 5.34. The van der Waals surface area contributed by atoms with Crippen LogP contribution in [0.5, 0.6) is 5.75 Å².